The summed E-state index contributed by atoms with van der Waals surface area (Å²) in [6, 6.07) is 7.11. The van der Waals surface area contributed by atoms with Gasteiger partial charge < -0.3 is 18.9 Å². The van der Waals surface area contributed by atoms with Crippen molar-refractivity contribution >= 4 is 17.9 Å². The van der Waals surface area contributed by atoms with Crippen molar-refractivity contribution in [2.75, 3.05) is 13.2 Å². The van der Waals surface area contributed by atoms with Gasteiger partial charge in [-0.3, -0.25) is 14.4 Å². The Bertz CT molecular complexity index is 706. The first-order valence-electron chi connectivity index (χ1n) is 11.8. The lowest BCUT2D eigenvalue weighted by Crippen LogP contribution is -2.30. The lowest BCUT2D eigenvalue weighted by atomic mass is 9.87. The Morgan fingerprint density at radius 3 is 2.19 bits per heavy atom. The maximum Gasteiger partial charge on any atom is 0.314 e. The van der Waals surface area contributed by atoms with E-state index in [9.17, 15) is 14.4 Å². The van der Waals surface area contributed by atoms with E-state index in [4.69, 9.17) is 18.9 Å². The van der Waals surface area contributed by atoms with Crippen molar-refractivity contribution in [3.8, 4) is 11.5 Å². The Morgan fingerprint density at radius 2 is 1.53 bits per heavy atom. The molecule has 0 aromatic heterocycles. The number of esters is 3. The molecule has 0 atom stereocenters. The Hall–Kier alpha value is -2.57. The minimum absolute atomic E-state index is 0.149. The van der Waals surface area contributed by atoms with Crippen molar-refractivity contribution in [1.29, 1.82) is 0 Å². The first kappa shape index (κ1) is 25.7. The van der Waals surface area contributed by atoms with Crippen molar-refractivity contribution in [2.45, 2.75) is 84.2 Å². The lowest BCUT2D eigenvalue weighted by Gasteiger charge is -2.27. The molecule has 1 aliphatic carbocycles. The first-order chi connectivity index (χ1) is 15.5. The molecule has 7 nitrogen and oxygen atoms in total. The van der Waals surface area contributed by atoms with Crippen LogP contribution in [-0.4, -0.2) is 37.2 Å². The van der Waals surface area contributed by atoms with E-state index in [1.807, 2.05) is 12.1 Å². The third kappa shape index (κ3) is 9.71. The van der Waals surface area contributed by atoms with Crippen LogP contribution in [0.4, 0.5) is 0 Å². The van der Waals surface area contributed by atoms with Crippen LogP contribution in [0, 0.1) is 5.92 Å². The number of unbranched alkanes of at least 4 members (excludes halogenated alkanes) is 2. The van der Waals surface area contributed by atoms with Crippen molar-refractivity contribution in [1.82, 2.24) is 0 Å². The van der Waals surface area contributed by atoms with Crippen LogP contribution in [-0.2, 0) is 23.9 Å². The van der Waals surface area contributed by atoms with Gasteiger partial charge in [-0.15, -0.1) is 0 Å². The summed E-state index contributed by atoms with van der Waals surface area (Å²) >= 11 is 0. The van der Waals surface area contributed by atoms with Gasteiger partial charge in [0.2, 0.25) is 0 Å². The second-order valence-electron chi connectivity index (χ2n) is 8.09. The highest BCUT2D eigenvalue weighted by atomic mass is 16.5. The highest BCUT2D eigenvalue weighted by molar-refractivity contribution is 5.75. The summed E-state index contributed by atoms with van der Waals surface area (Å²) in [4.78, 5) is 35.5. The number of hydrogen-bond acceptors (Lipinski definition) is 7. The minimum Gasteiger partial charge on any atom is -0.494 e. The van der Waals surface area contributed by atoms with Crippen molar-refractivity contribution in [3.05, 3.63) is 24.3 Å². The van der Waals surface area contributed by atoms with E-state index in [-0.39, 0.29) is 29.9 Å². The number of ether oxygens (including phenoxy) is 4. The van der Waals surface area contributed by atoms with Gasteiger partial charge >= 0.3 is 17.9 Å². The molecule has 0 amide bonds. The fourth-order valence-electron chi connectivity index (χ4n) is 3.46. The van der Waals surface area contributed by atoms with E-state index in [1.54, 1.807) is 19.1 Å². The van der Waals surface area contributed by atoms with E-state index >= 15 is 0 Å². The van der Waals surface area contributed by atoms with Crippen LogP contribution < -0.4 is 9.47 Å². The van der Waals surface area contributed by atoms with E-state index < -0.39 is 0 Å². The van der Waals surface area contributed by atoms with Gasteiger partial charge in [-0.05, 0) is 69.2 Å². The molecule has 1 aromatic rings. The van der Waals surface area contributed by atoms with E-state index in [0.29, 0.717) is 70.3 Å². The number of hydrogen-bond donors (Lipinski definition) is 0. The topological polar surface area (TPSA) is 88.1 Å². The van der Waals surface area contributed by atoms with Gasteiger partial charge in [0.25, 0.3) is 0 Å². The maximum absolute atomic E-state index is 12.5. The Labute approximate surface area is 190 Å². The summed E-state index contributed by atoms with van der Waals surface area (Å²) in [6.45, 7) is 4.87. The molecule has 32 heavy (non-hydrogen) atoms. The summed E-state index contributed by atoms with van der Waals surface area (Å²) < 4.78 is 21.6. The molecule has 1 aromatic carbocycles. The minimum atomic E-state index is -0.240. The van der Waals surface area contributed by atoms with Crippen LogP contribution in [0.5, 0.6) is 11.5 Å². The average Bonchev–Trinajstić information content (AvgIpc) is 2.80. The normalized spacial score (nSPS) is 17.9. The van der Waals surface area contributed by atoms with Crippen molar-refractivity contribution < 1.29 is 33.3 Å². The molecule has 1 saturated carbocycles. The molecule has 0 bridgehead atoms. The second-order valence-corrected chi connectivity index (χ2v) is 8.09. The number of carbonyl (C=O) groups is 3. The molecule has 0 radical (unpaired) electrons. The summed E-state index contributed by atoms with van der Waals surface area (Å²) in [5.41, 5.74) is 0. The highest BCUT2D eigenvalue weighted by Crippen LogP contribution is 2.28. The van der Waals surface area contributed by atoms with Crippen LogP contribution in [0.2, 0.25) is 0 Å². The summed E-state index contributed by atoms with van der Waals surface area (Å²) in [5, 5.41) is 0. The monoisotopic (exact) mass is 448 g/mol. The first-order valence-corrected chi connectivity index (χ1v) is 11.8. The number of rotatable bonds is 13. The average molecular weight is 449 g/mol. The standard InChI is InChI=1S/C25H36O7/c1-3-5-17-29-20-13-15-22(16-14-20)32-25(28)19-9-11-21(12-10-19)31-24(27)8-6-7-18-30-23(26)4-2/h13-16,19,21H,3-12,17-18H2,1-2H3. The third-order valence-electron chi connectivity index (χ3n) is 5.44. The predicted octanol–water partition coefficient (Wildman–Crippen LogP) is 5.00. The zero-order chi connectivity index (χ0) is 23.2. The number of benzene rings is 1. The molecule has 1 aliphatic rings. The molecule has 2 rings (SSSR count). The summed E-state index contributed by atoms with van der Waals surface area (Å²) in [5.74, 6) is 0.392. The molecule has 0 saturated heterocycles. The van der Waals surface area contributed by atoms with Crippen LogP contribution in [0.1, 0.15) is 78.1 Å². The van der Waals surface area contributed by atoms with Gasteiger partial charge in [-0.1, -0.05) is 20.3 Å². The lowest BCUT2D eigenvalue weighted by molar-refractivity contribution is -0.152. The van der Waals surface area contributed by atoms with Crippen LogP contribution in [0.15, 0.2) is 24.3 Å². The molecule has 7 heteroatoms. The quantitative estimate of drug-likeness (QED) is 0.238. The van der Waals surface area contributed by atoms with Gasteiger partial charge in [-0.25, -0.2) is 0 Å². The fraction of sp³-hybridized carbons (Fsp3) is 0.640. The molecule has 0 heterocycles. The molecule has 0 spiro atoms. The smallest absolute Gasteiger partial charge is 0.314 e. The molecular weight excluding hydrogens is 412 g/mol. The Balaban J connectivity index is 1.62. The highest BCUT2D eigenvalue weighted by Gasteiger charge is 2.29. The van der Waals surface area contributed by atoms with Crippen molar-refractivity contribution in [2.24, 2.45) is 5.92 Å². The second kappa shape index (κ2) is 14.5. The zero-order valence-corrected chi connectivity index (χ0v) is 19.3. The summed E-state index contributed by atoms with van der Waals surface area (Å²) in [7, 11) is 0. The van der Waals surface area contributed by atoms with Gasteiger partial charge in [0, 0.05) is 12.8 Å². The SMILES string of the molecule is CCCCOc1ccc(OC(=O)C2CCC(OC(=O)CCCCOC(=O)CC)CC2)cc1. The third-order valence-corrected chi connectivity index (χ3v) is 5.44. The van der Waals surface area contributed by atoms with Crippen molar-refractivity contribution in [3.63, 3.8) is 0 Å². The Morgan fingerprint density at radius 1 is 0.844 bits per heavy atom. The molecule has 178 valence electrons. The van der Waals surface area contributed by atoms with E-state index in [1.165, 1.54) is 0 Å². The summed E-state index contributed by atoms with van der Waals surface area (Å²) in [6.07, 6.45) is 6.47. The van der Waals surface area contributed by atoms with Crippen LogP contribution in [0.3, 0.4) is 0 Å². The Kier molecular flexibility index (Phi) is 11.6. The largest absolute Gasteiger partial charge is 0.494 e. The van der Waals surface area contributed by atoms with Gasteiger partial charge in [0.15, 0.2) is 0 Å². The van der Waals surface area contributed by atoms with E-state index in [2.05, 4.69) is 6.92 Å². The molecular formula is C25H36O7. The van der Waals surface area contributed by atoms with Crippen LogP contribution >= 0.6 is 0 Å². The van der Waals surface area contributed by atoms with E-state index in [0.717, 1.165) is 18.6 Å². The molecule has 0 unspecified atom stereocenters. The van der Waals surface area contributed by atoms with Gasteiger partial charge in [0.1, 0.15) is 17.6 Å². The predicted molar refractivity (Wildman–Crippen MR) is 119 cm³/mol. The van der Waals surface area contributed by atoms with Crippen LogP contribution in [0.25, 0.3) is 0 Å². The molecule has 0 aliphatic heterocycles. The van der Waals surface area contributed by atoms with Gasteiger partial charge in [-0.2, -0.15) is 0 Å². The molecule has 1 fully saturated rings. The zero-order valence-electron chi connectivity index (χ0n) is 19.3. The maximum atomic E-state index is 12.5. The molecule has 0 N–H and O–H groups in total. The fourth-order valence-corrected chi connectivity index (χ4v) is 3.46. The number of carbonyl (C=O) groups excluding carboxylic acids is 3. The van der Waals surface area contributed by atoms with Gasteiger partial charge in [0.05, 0.1) is 19.1 Å².